The molecule has 0 aromatic heterocycles. The zero-order valence-corrected chi connectivity index (χ0v) is 14.2. The van der Waals surface area contributed by atoms with Crippen molar-refractivity contribution in [1.82, 2.24) is 9.62 Å². The van der Waals surface area contributed by atoms with Crippen LogP contribution in [0.2, 0.25) is 0 Å². The van der Waals surface area contributed by atoms with E-state index in [9.17, 15) is 13.2 Å². The minimum Gasteiger partial charge on any atom is -0.339 e. The predicted octanol–water partition coefficient (Wildman–Crippen LogP) is 1.18. The van der Waals surface area contributed by atoms with Crippen molar-refractivity contribution in [2.24, 2.45) is 5.73 Å². The molecule has 1 aromatic carbocycles. The molecule has 0 aliphatic carbocycles. The fraction of sp³-hybridized carbons (Fsp3) is 0.533. The molecular formula is C15H25N3O3S. The van der Waals surface area contributed by atoms with Crippen molar-refractivity contribution in [1.29, 1.82) is 0 Å². The first kappa shape index (κ1) is 18.6. The van der Waals surface area contributed by atoms with Crippen LogP contribution >= 0.6 is 0 Å². The van der Waals surface area contributed by atoms with Gasteiger partial charge >= 0.3 is 0 Å². The smallest absolute Gasteiger partial charge is 0.253 e. The highest BCUT2D eigenvalue weighted by Crippen LogP contribution is 2.12. The maximum absolute atomic E-state index is 12.2. The predicted molar refractivity (Wildman–Crippen MR) is 87.1 cm³/mol. The molecule has 124 valence electrons. The van der Waals surface area contributed by atoms with E-state index in [2.05, 4.69) is 4.72 Å². The summed E-state index contributed by atoms with van der Waals surface area (Å²) in [7, 11) is -3.56. The van der Waals surface area contributed by atoms with Gasteiger partial charge in [-0.25, -0.2) is 13.1 Å². The Labute approximate surface area is 132 Å². The Hall–Kier alpha value is -1.44. The molecule has 0 spiro atoms. The largest absolute Gasteiger partial charge is 0.339 e. The molecule has 1 unspecified atom stereocenters. The van der Waals surface area contributed by atoms with Crippen LogP contribution in [0.5, 0.6) is 0 Å². The van der Waals surface area contributed by atoms with Crippen LogP contribution in [0.25, 0.3) is 0 Å². The quantitative estimate of drug-likeness (QED) is 0.750. The lowest BCUT2D eigenvalue weighted by molar-refractivity contribution is 0.0773. The van der Waals surface area contributed by atoms with E-state index in [0.717, 1.165) is 0 Å². The molecule has 0 aliphatic rings. The Kier molecular flexibility index (Phi) is 6.99. The topological polar surface area (TPSA) is 92.5 Å². The van der Waals surface area contributed by atoms with E-state index in [-0.39, 0.29) is 16.8 Å². The van der Waals surface area contributed by atoms with Crippen molar-refractivity contribution in [2.45, 2.75) is 38.1 Å². The minimum absolute atomic E-state index is 0.0585. The summed E-state index contributed by atoms with van der Waals surface area (Å²) in [5.41, 5.74) is 6.08. The first-order valence-corrected chi connectivity index (χ1v) is 8.94. The number of amides is 1. The van der Waals surface area contributed by atoms with E-state index >= 15 is 0 Å². The van der Waals surface area contributed by atoms with Gasteiger partial charge in [-0.05, 0) is 51.5 Å². The highest BCUT2D eigenvalue weighted by molar-refractivity contribution is 7.89. The zero-order chi connectivity index (χ0) is 16.8. The number of rotatable bonds is 8. The lowest BCUT2D eigenvalue weighted by atomic mass is 10.2. The van der Waals surface area contributed by atoms with E-state index in [4.69, 9.17) is 5.73 Å². The van der Waals surface area contributed by atoms with Gasteiger partial charge in [-0.15, -0.1) is 0 Å². The highest BCUT2D eigenvalue weighted by atomic mass is 32.2. The van der Waals surface area contributed by atoms with Gasteiger partial charge in [-0.1, -0.05) is 0 Å². The van der Waals surface area contributed by atoms with Gasteiger partial charge in [0.15, 0.2) is 0 Å². The third-order valence-corrected chi connectivity index (χ3v) is 4.83. The average Bonchev–Trinajstić information content (AvgIpc) is 2.48. The van der Waals surface area contributed by atoms with Gasteiger partial charge in [0, 0.05) is 31.2 Å². The Bertz CT molecular complexity index is 579. The van der Waals surface area contributed by atoms with Gasteiger partial charge in [-0.3, -0.25) is 4.79 Å². The van der Waals surface area contributed by atoms with E-state index in [1.165, 1.54) is 12.1 Å². The van der Waals surface area contributed by atoms with Crippen LogP contribution in [-0.4, -0.2) is 44.9 Å². The molecule has 0 bridgehead atoms. The fourth-order valence-electron chi connectivity index (χ4n) is 1.97. The number of hydrogen-bond acceptors (Lipinski definition) is 4. The van der Waals surface area contributed by atoms with Gasteiger partial charge in [0.05, 0.1) is 4.90 Å². The molecule has 1 rings (SSSR count). The number of sulfonamides is 1. The second-order valence-corrected chi connectivity index (χ2v) is 6.93. The maximum Gasteiger partial charge on any atom is 0.253 e. The number of benzene rings is 1. The summed E-state index contributed by atoms with van der Waals surface area (Å²) < 4.78 is 26.7. The summed E-state index contributed by atoms with van der Waals surface area (Å²) in [6.07, 6.45) is 0.567. The molecule has 1 aromatic rings. The third-order valence-electron chi connectivity index (χ3n) is 3.35. The van der Waals surface area contributed by atoms with Crippen LogP contribution in [0.3, 0.4) is 0 Å². The van der Waals surface area contributed by atoms with E-state index in [1.807, 2.05) is 20.8 Å². The molecule has 0 fully saturated rings. The molecule has 22 heavy (non-hydrogen) atoms. The van der Waals surface area contributed by atoms with Gasteiger partial charge < -0.3 is 10.6 Å². The molecule has 0 saturated heterocycles. The molecule has 1 amide bonds. The summed E-state index contributed by atoms with van der Waals surface area (Å²) in [4.78, 5) is 14.0. The van der Waals surface area contributed by atoms with Crippen molar-refractivity contribution < 1.29 is 13.2 Å². The third kappa shape index (κ3) is 5.08. The first-order chi connectivity index (χ1) is 10.3. The SMILES string of the molecule is CCN(CC)C(=O)c1ccc(S(=O)(=O)NCCC(C)N)cc1. The molecule has 7 heteroatoms. The molecule has 0 heterocycles. The van der Waals surface area contributed by atoms with E-state index < -0.39 is 10.0 Å². The van der Waals surface area contributed by atoms with Crippen LogP contribution in [-0.2, 0) is 10.0 Å². The Morgan fingerprint density at radius 2 is 1.77 bits per heavy atom. The molecule has 0 saturated carbocycles. The lowest BCUT2D eigenvalue weighted by Gasteiger charge is -2.18. The molecule has 0 aliphatic heterocycles. The maximum atomic E-state index is 12.2. The van der Waals surface area contributed by atoms with Crippen molar-refractivity contribution >= 4 is 15.9 Å². The number of nitrogens with one attached hydrogen (secondary N) is 1. The van der Waals surface area contributed by atoms with Crippen LogP contribution in [0.1, 0.15) is 37.6 Å². The van der Waals surface area contributed by atoms with Crippen LogP contribution in [0, 0.1) is 0 Å². The monoisotopic (exact) mass is 327 g/mol. The minimum atomic E-state index is -3.56. The second-order valence-electron chi connectivity index (χ2n) is 5.17. The van der Waals surface area contributed by atoms with Crippen LogP contribution < -0.4 is 10.5 Å². The lowest BCUT2D eigenvalue weighted by Crippen LogP contribution is -2.31. The summed E-state index contributed by atoms with van der Waals surface area (Å²) in [5.74, 6) is -0.0983. The standard InChI is InChI=1S/C15H25N3O3S/c1-4-18(5-2)15(19)13-6-8-14(9-7-13)22(20,21)17-11-10-12(3)16/h6-9,12,17H,4-5,10-11,16H2,1-3H3. The Morgan fingerprint density at radius 3 is 2.23 bits per heavy atom. The summed E-state index contributed by atoms with van der Waals surface area (Å²) in [5, 5.41) is 0. The molecule has 0 radical (unpaired) electrons. The number of nitrogens with two attached hydrogens (primary N) is 1. The van der Waals surface area contributed by atoms with Gasteiger partial charge in [0.1, 0.15) is 0 Å². The zero-order valence-electron chi connectivity index (χ0n) is 13.4. The molecule has 3 N–H and O–H groups in total. The van der Waals surface area contributed by atoms with E-state index in [0.29, 0.717) is 31.6 Å². The highest BCUT2D eigenvalue weighted by Gasteiger charge is 2.16. The van der Waals surface area contributed by atoms with Crippen LogP contribution in [0.4, 0.5) is 0 Å². The molecule has 6 nitrogen and oxygen atoms in total. The fourth-order valence-corrected chi connectivity index (χ4v) is 3.02. The molecular weight excluding hydrogens is 302 g/mol. The average molecular weight is 327 g/mol. The summed E-state index contributed by atoms with van der Waals surface area (Å²) >= 11 is 0. The van der Waals surface area contributed by atoms with Gasteiger partial charge in [0.2, 0.25) is 10.0 Å². The molecule has 1 atom stereocenters. The van der Waals surface area contributed by atoms with E-state index in [1.54, 1.807) is 17.0 Å². The van der Waals surface area contributed by atoms with Crippen LogP contribution in [0.15, 0.2) is 29.2 Å². The van der Waals surface area contributed by atoms with Crippen molar-refractivity contribution in [3.8, 4) is 0 Å². The summed E-state index contributed by atoms with van der Waals surface area (Å²) in [6, 6.07) is 5.93. The number of nitrogens with zero attached hydrogens (tertiary/aromatic N) is 1. The number of hydrogen-bond donors (Lipinski definition) is 2. The second kappa shape index (κ2) is 8.26. The number of carbonyl (C=O) groups excluding carboxylic acids is 1. The van der Waals surface area contributed by atoms with Crippen molar-refractivity contribution in [2.75, 3.05) is 19.6 Å². The van der Waals surface area contributed by atoms with Gasteiger partial charge in [0.25, 0.3) is 5.91 Å². The van der Waals surface area contributed by atoms with Crippen molar-refractivity contribution in [3.63, 3.8) is 0 Å². The Balaban J connectivity index is 2.81. The van der Waals surface area contributed by atoms with Crippen molar-refractivity contribution in [3.05, 3.63) is 29.8 Å². The first-order valence-electron chi connectivity index (χ1n) is 7.46. The summed E-state index contributed by atoms with van der Waals surface area (Å²) in [6.45, 7) is 7.16. The normalized spacial score (nSPS) is 12.9. The Morgan fingerprint density at radius 1 is 1.23 bits per heavy atom. The number of carbonyl (C=O) groups is 1. The van der Waals surface area contributed by atoms with Gasteiger partial charge in [-0.2, -0.15) is 0 Å².